The van der Waals surface area contributed by atoms with E-state index in [1.165, 1.54) is 49.1 Å². The number of benzene rings is 2. The van der Waals surface area contributed by atoms with Gasteiger partial charge in [0.1, 0.15) is 6.10 Å². The summed E-state index contributed by atoms with van der Waals surface area (Å²) in [6.07, 6.45) is 7.67. The third-order valence-corrected chi connectivity index (χ3v) is 6.27. The van der Waals surface area contributed by atoms with Crippen molar-refractivity contribution >= 4 is 28.8 Å². The van der Waals surface area contributed by atoms with Gasteiger partial charge in [-0.3, -0.25) is 9.59 Å². The molecule has 2 N–H and O–H groups in total. The first-order valence-electron chi connectivity index (χ1n) is 13.5. The molecule has 0 aliphatic rings. The lowest BCUT2D eigenvalue weighted by Gasteiger charge is -2.14. The van der Waals surface area contributed by atoms with E-state index in [1.54, 1.807) is 6.07 Å². The van der Waals surface area contributed by atoms with Crippen molar-refractivity contribution in [2.45, 2.75) is 85.7 Å². The minimum Gasteiger partial charge on any atom is -0.385 e. The van der Waals surface area contributed by atoms with Crippen LogP contribution in [0.2, 0.25) is 0 Å². The van der Waals surface area contributed by atoms with Gasteiger partial charge >= 0.3 is 0 Å². The van der Waals surface area contributed by atoms with E-state index in [9.17, 15) is 9.59 Å². The molecule has 0 spiro atoms. The van der Waals surface area contributed by atoms with Gasteiger partial charge in [0, 0.05) is 29.8 Å². The molecule has 6 nitrogen and oxygen atoms in total. The molecule has 0 aliphatic heterocycles. The number of aliphatic hydroxyl groups is 1. The summed E-state index contributed by atoms with van der Waals surface area (Å²) in [5, 5.41) is 21.4. The lowest BCUT2D eigenvalue weighted by atomic mass is 9.90. The van der Waals surface area contributed by atoms with Gasteiger partial charge in [-0.05, 0) is 86.4 Å². The number of hydrogen-bond acceptors (Lipinski definition) is 4. The molecule has 3 rings (SSSR count). The van der Waals surface area contributed by atoms with Crippen LogP contribution in [0.5, 0.6) is 0 Å². The van der Waals surface area contributed by atoms with Gasteiger partial charge in [0.2, 0.25) is 6.41 Å². The maximum Gasteiger partial charge on any atom is 0.211 e. The number of Topliss-reactive ketones (excluding diaryl/α,β-unsaturated/α-hetero) is 1. The monoisotopic (exact) mass is 519 g/mol. The standard InChI is InChI=1S/C17H24N2O.C8H7N.C7H14O2/c1-4-6-13(7-5-2)16-11-19(3)17-9-8-14(18-12-20)10-15(16)17;1-7-3-2-4-8(5-7)6-9;1-5(2)4-7(9)6(3)8/h8-13H,4-7H2,1-3H3,(H,18,20);2-5H,1H3;5,7,9H,4H2,1-3H3. The Balaban J connectivity index is 0.000000333. The molecular weight excluding hydrogens is 474 g/mol. The highest BCUT2D eigenvalue weighted by Gasteiger charge is 2.16. The molecule has 0 radical (unpaired) electrons. The Labute approximate surface area is 228 Å². The van der Waals surface area contributed by atoms with Crippen molar-refractivity contribution in [3.8, 4) is 6.07 Å². The lowest BCUT2D eigenvalue weighted by molar-refractivity contribution is -0.125. The Morgan fingerprint density at radius 1 is 1.13 bits per heavy atom. The second kappa shape index (κ2) is 17.1. The fraction of sp³-hybridized carbons (Fsp3) is 0.469. The van der Waals surface area contributed by atoms with Gasteiger partial charge in [0.15, 0.2) is 5.78 Å². The van der Waals surface area contributed by atoms with E-state index in [0.29, 0.717) is 18.3 Å². The molecule has 2 aromatic carbocycles. The van der Waals surface area contributed by atoms with E-state index >= 15 is 0 Å². The number of nitriles is 1. The quantitative estimate of drug-likeness (QED) is 0.275. The van der Waals surface area contributed by atoms with Gasteiger partial charge in [-0.25, -0.2) is 0 Å². The second-order valence-electron chi connectivity index (χ2n) is 10.2. The number of aliphatic hydroxyl groups excluding tert-OH is 1. The molecule has 1 atom stereocenters. The molecule has 1 unspecified atom stereocenters. The molecule has 0 fully saturated rings. The first kappa shape index (κ1) is 32.6. The number of carbonyl (C=O) groups excluding carboxylic acids is 2. The topological polar surface area (TPSA) is 95.1 Å². The Morgan fingerprint density at radius 3 is 2.24 bits per heavy atom. The number of carbonyl (C=O) groups is 2. The number of anilines is 1. The molecule has 0 bridgehead atoms. The van der Waals surface area contributed by atoms with Crippen LogP contribution in [0.25, 0.3) is 10.9 Å². The highest BCUT2D eigenvalue weighted by Crippen LogP contribution is 2.34. The summed E-state index contributed by atoms with van der Waals surface area (Å²) in [4.78, 5) is 21.1. The van der Waals surface area contributed by atoms with Crippen LogP contribution in [0.3, 0.4) is 0 Å². The van der Waals surface area contributed by atoms with Crippen LogP contribution >= 0.6 is 0 Å². The molecule has 0 saturated heterocycles. The highest BCUT2D eigenvalue weighted by molar-refractivity contribution is 5.89. The number of nitrogens with zero attached hydrogens (tertiary/aromatic N) is 2. The maximum absolute atomic E-state index is 10.6. The molecule has 1 aromatic heterocycles. The Hall–Kier alpha value is -3.43. The summed E-state index contributed by atoms with van der Waals surface area (Å²) < 4.78 is 2.19. The average molecular weight is 520 g/mol. The van der Waals surface area contributed by atoms with Crippen LogP contribution in [0.1, 0.15) is 89.3 Å². The SMILES string of the molecule is CC(=O)C(O)CC(C)C.CCCC(CCC)c1cn(C)c2ccc(NC=O)cc12.Cc1cccc(C#N)c1. The van der Waals surface area contributed by atoms with Crippen LogP contribution in [-0.4, -0.2) is 28.0 Å². The van der Waals surface area contributed by atoms with Crippen LogP contribution in [0, 0.1) is 24.2 Å². The van der Waals surface area contributed by atoms with Crippen LogP contribution in [-0.2, 0) is 16.6 Å². The number of aryl methyl sites for hydroxylation is 2. The summed E-state index contributed by atoms with van der Waals surface area (Å²) >= 11 is 0. The van der Waals surface area contributed by atoms with E-state index < -0.39 is 6.10 Å². The van der Waals surface area contributed by atoms with Gasteiger partial charge in [0.05, 0.1) is 11.6 Å². The van der Waals surface area contributed by atoms with E-state index in [1.807, 2.05) is 45.0 Å². The van der Waals surface area contributed by atoms with Crippen molar-refractivity contribution in [1.82, 2.24) is 4.57 Å². The van der Waals surface area contributed by atoms with Gasteiger partial charge in [-0.15, -0.1) is 0 Å². The Kier molecular flexibility index (Phi) is 14.7. The number of fused-ring (bicyclic) bond motifs is 1. The predicted octanol–water partition coefficient (Wildman–Crippen LogP) is 7.28. The van der Waals surface area contributed by atoms with E-state index in [0.717, 1.165) is 23.2 Å². The minimum atomic E-state index is -0.745. The molecule has 0 aliphatic carbocycles. The molecule has 1 heterocycles. The maximum atomic E-state index is 10.6. The number of hydrogen-bond donors (Lipinski definition) is 2. The van der Waals surface area contributed by atoms with E-state index in [-0.39, 0.29) is 5.78 Å². The van der Waals surface area contributed by atoms with Gasteiger partial charge in [-0.2, -0.15) is 5.26 Å². The van der Waals surface area contributed by atoms with Crippen molar-refractivity contribution in [2.24, 2.45) is 13.0 Å². The van der Waals surface area contributed by atoms with E-state index in [2.05, 4.69) is 55.2 Å². The fourth-order valence-corrected chi connectivity index (χ4v) is 4.39. The summed E-state index contributed by atoms with van der Waals surface area (Å²) in [5.41, 5.74) is 5.38. The smallest absolute Gasteiger partial charge is 0.211 e. The van der Waals surface area contributed by atoms with E-state index in [4.69, 9.17) is 10.4 Å². The van der Waals surface area contributed by atoms with Crippen LogP contribution < -0.4 is 5.32 Å². The van der Waals surface area contributed by atoms with Crippen molar-refractivity contribution in [2.75, 3.05) is 5.32 Å². The second-order valence-corrected chi connectivity index (χ2v) is 10.2. The third-order valence-electron chi connectivity index (χ3n) is 6.27. The normalized spacial score (nSPS) is 11.2. The van der Waals surface area contributed by atoms with Crippen molar-refractivity contribution in [1.29, 1.82) is 5.26 Å². The number of amides is 1. The summed E-state index contributed by atoms with van der Waals surface area (Å²) in [6, 6.07) is 15.7. The molecule has 0 saturated carbocycles. The van der Waals surface area contributed by atoms with Crippen molar-refractivity contribution in [3.05, 3.63) is 65.4 Å². The molecule has 6 heteroatoms. The summed E-state index contributed by atoms with van der Waals surface area (Å²) in [5.74, 6) is 0.868. The van der Waals surface area contributed by atoms with Crippen LogP contribution in [0.4, 0.5) is 5.69 Å². The first-order chi connectivity index (χ1) is 18.1. The number of rotatable bonds is 10. The largest absolute Gasteiger partial charge is 0.385 e. The minimum absolute atomic E-state index is 0.135. The third kappa shape index (κ3) is 10.9. The highest BCUT2D eigenvalue weighted by atomic mass is 16.3. The Bertz CT molecular complexity index is 1180. The molecular formula is C32H45N3O3. The van der Waals surface area contributed by atoms with Gasteiger partial charge in [0.25, 0.3) is 0 Å². The number of nitrogens with one attached hydrogen (secondary N) is 1. The zero-order valence-electron chi connectivity index (χ0n) is 24.1. The molecule has 3 aromatic rings. The van der Waals surface area contributed by atoms with Gasteiger partial charge in [-0.1, -0.05) is 52.7 Å². The Morgan fingerprint density at radius 2 is 1.79 bits per heavy atom. The number of aromatic nitrogens is 1. The van der Waals surface area contributed by atoms with Crippen molar-refractivity contribution in [3.63, 3.8) is 0 Å². The van der Waals surface area contributed by atoms with Crippen LogP contribution in [0.15, 0.2) is 48.7 Å². The van der Waals surface area contributed by atoms with Gasteiger partial charge < -0.3 is 15.0 Å². The van der Waals surface area contributed by atoms with Crippen molar-refractivity contribution < 1.29 is 14.7 Å². The average Bonchev–Trinajstić information content (AvgIpc) is 3.20. The number of ketones is 1. The lowest BCUT2D eigenvalue weighted by Crippen LogP contribution is -2.18. The molecule has 38 heavy (non-hydrogen) atoms. The first-order valence-corrected chi connectivity index (χ1v) is 13.5. The predicted molar refractivity (Wildman–Crippen MR) is 157 cm³/mol. The zero-order chi connectivity index (χ0) is 28.7. The summed E-state index contributed by atoms with van der Waals surface area (Å²) in [7, 11) is 2.09. The molecule has 206 valence electrons. The summed E-state index contributed by atoms with van der Waals surface area (Å²) in [6.45, 7) is 11.8. The molecule has 1 amide bonds. The zero-order valence-corrected chi connectivity index (χ0v) is 24.1. The fourth-order valence-electron chi connectivity index (χ4n) is 4.39.